The number of nitrogens with two attached hydrogens (primary N) is 1. The molecule has 1 heterocycles. The van der Waals surface area contributed by atoms with Gasteiger partial charge in [-0.15, -0.1) is 5.10 Å². The molecule has 1 aromatic carbocycles. The van der Waals surface area contributed by atoms with E-state index in [9.17, 15) is 0 Å². The van der Waals surface area contributed by atoms with Crippen molar-refractivity contribution in [2.75, 3.05) is 6.54 Å². The normalized spacial score (nSPS) is 10.8. The van der Waals surface area contributed by atoms with Crippen LogP contribution in [0.3, 0.4) is 0 Å². The molecule has 0 aliphatic heterocycles. The molecule has 4 nitrogen and oxygen atoms in total. The molecule has 0 saturated carbocycles. The lowest BCUT2D eigenvalue weighted by atomic mass is 10.2. The number of aromatic nitrogens is 3. The van der Waals surface area contributed by atoms with Gasteiger partial charge < -0.3 is 5.73 Å². The third kappa shape index (κ3) is 3.09. The second-order valence-corrected chi connectivity index (χ2v) is 4.76. The Morgan fingerprint density at radius 3 is 2.89 bits per heavy atom. The minimum atomic E-state index is 0.688. The standard InChI is InChI=1S/C13H17ClN4/c1-10-5-6-13(12(14)8-10)18-9-11(16-17-18)4-2-3-7-15/h5-6,8-9H,2-4,7,15H2,1H3. The summed E-state index contributed by atoms with van der Waals surface area (Å²) >= 11 is 6.19. The van der Waals surface area contributed by atoms with Crippen LogP contribution < -0.4 is 5.73 Å². The van der Waals surface area contributed by atoms with E-state index in [1.807, 2.05) is 31.3 Å². The topological polar surface area (TPSA) is 56.7 Å². The summed E-state index contributed by atoms with van der Waals surface area (Å²) in [4.78, 5) is 0. The fourth-order valence-corrected chi connectivity index (χ4v) is 2.10. The van der Waals surface area contributed by atoms with Crippen molar-refractivity contribution in [1.29, 1.82) is 0 Å². The van der Waals surface area contributed by atoms with Gasteiger partial charge in [0.15, 0.2) is 0 Å². The minimum absolute atomic E-state index is 0.688. The fraction of sp³-hybridized carbons (Fsp3) is 0.385. The highest BCUT2D eigenvalue weighted by Gasteiger charge is 2.06. The Morgan fingerprint density at radius 2 is 2.17 bits per heavy atom. The highest BCUT2D eigenvalue weighted by molar-refractivity contribution is 6.32. The molecule has 0 fully saturated rings. The molecule has 0 spiro atoms. The van der Waals surface area contributed by atoms with E-state index < -0.39 is 0 Å². The SMILES string of the molecule is Cc1ccc(-n2cc(CCCCN)nn2)c(Cl)c1. The molecule has 96 valence electrons. The molecule has 2 rings (SSSR count). The first kappa shape index (κ1) is 13.1. The summed E-state index contributed by atoms with van der Waals surface area (Å²) in [7, 11) is 0. The van der Waals surface area contributed by atoms with Crippen molar-refractivity contribution in [3.63, 3.8) is 0 Å². The predicted octanol–water partition coefficient (Wildman–Crippen LogP) is 2.51. The van der Waals surface area contributed by atoms with Gasteiger partial charge >= 0.3 is 0 Å². The van der Waals surface area contributed by atoms with Gasteiger partial charge in [0.25, 0.3) is 0 Å². The van der Waals surface area contributed by atoms with E-state index >= 15 is 0 Å². The van der Waals surface area contributed by atoms with Gasteiger partial charge in [-0.05, 0) is 50.4 Å². The number of hydrogen-bond acceptors (Lipinski definition) is 3. The number of hydrogen-bond donors (Lipinski definition) is 1. The summed E-state index contributed by atoms with van der Waals surface area (Å²) in [6.45, 7) is 2.73. The third-order valence-corrected chi connectivity index (χ3v) is 3.08. The molecule has 1 aromatic heterocycles. The zero-order valence-electron chi connectivity index (χ0n) is 10.4. The summed E-state index contributed by atoms with van der Waals surface area (Å²) in [5.41, 5.74) is 8.43. The van der Waals surface area contributed by atoms with Crippen molar-refractivity contribution in [2.24, 2.45) is 5.73 Å². The van der Waals surface area contributed by atoms with E-state index in [4.69, 9.17) is 17.3 Å². The van der Waals surface area contributed by atoms with Crippen molar-refractivity contribution in [2.45, 2.75) is 26.2 Å². The van der Waals surface area contributed by atoms with Crippen LogP contribution >= 0.6 is 11.6 Å². The Kier molecular flexibility index (Phi) is 4.33. The first-order valence-corrected chi connectivity index (χ1v) is 6.46. The van der Waals surface area contributed by atoms with Crippen LogP contribution in [-0.4, -0.2) is 21.5 Å². The van der Waals surface area contributed by atoms with Gasteiger partial charge in [0.1, 0.15) is 0 Å². The average Bonchev–Trinajstić information content (AvgIpc) is 2.78. The van der Waals surface area contributed by atoms with Crippen LogP contribution in [0.5, 0.6) is 0 Å². The van der Waals surface area contributed by atoms with Crippen LogP contribution in [0.2, 0.25) is 5.02 Å². The highest BCUT2D eigenvalue weighted by atomic mass is 35.5. The molecular formula is C13H17ClN4. The highest BCUT2D eigenvalue weighted by Crippen LogP contribution is 2.21. The van der Waals surface area contributed by atoms with Gasteiger partial charge in [0.2, 0.25) is 0 Å². The number of halogens is 1. The molecule has 2 N–H and O–H groups in total. The van der Waals surface area contributed by atoms with Crippen molar-refractivity contribution >= 4 is 11.6 Å². The van der Waals surface area contributed by atoms with Gasteiger partial charge in [-0.25, -0.2) is 4.68 Å². The van der Waals surface area contributed by atoms with Crippen LogP contribution in [0.1, 0.15) is 24.1 Å². The summed E-state index contributed by atoms with van der Waals surface area (Å²) in [6.07, 6.45) is 4.88. The van der Waals surface area contributed by atoms with E-state index in [0.29, 0.717) is 5.02 Å². The number of rotatable bonds is 5. The van der Waals surface area contributed by atoms with Crippen LogP contribution in [0.4, 0.5) is 0 Å². The van der Waals surface area contributed by atoms with Gasteiger partial charge in [-0.3, -0.25) is 0 Å². The van der Waals surface area contributed by atoms with E-state index in [0.717, 1.165) is 42.8 Å². The monoisotopic (exact) mass is 264 g/mol. The lowest BCUT2D eigenvalue weighted by Crippen LogP contribution is -1.99. The zero-order chi connectivity index (χ0) is 13.0. The third-order valence-electron chi connectivity index (χ3n) is 2.78. The quantitative estimate of drug-likeness (QED) is 0.845. The summed E-state index contributed by atoms with van der Waals surface area (Å²) in [5, 5.41) is 8.94. The lowest BCUT2D eigenvalue weighted by Gasteiger charge is -2.03. The van der Waals surface area contributed by atoms with E-state index in [1.54, 1.807) is 4.68 Å². The van der Waals surface area contributed by atoms with Crippen molar-refractivity contribution in [3.8, 4) is 5.69 Å². The molecule has 0 aliphatic rings. The maximum Gasteiger partial charge on any atom is 0.0849 e. The molecule has 2 aromatic rings. The second kappa shape index (κ2) is 5.98. The van der Waals surface area contributed by atoms with E-state index in [-0.39, 0.29) is 0 Å². The second-order valence-electron chi connectivity index (χ2n) is 4.36. The average molecular weight is 265 g/mol. The molecule has 5 heteroatoms. The Hall–Kier alpha value is -1.39. The molecule has 0 unspecified atom stereocenters. The first-order valence-electron chi connectivity index (χ1n) is 6.08. The largest absolute Gasteiger partial charge is 0.330 e. The Labute approximate surface area is 112 Å². The van der Waals surface area contributed by atoms with Crippen LogP contribution in [-0.2, 0) is 6.42 Å². The Bertz CT molecular complexity index is 521. The number of benzene rings is 1. The summed E-state index contributed by atoms with van der Waals surface area (Å²) < 4.78 is 1.72. The number of nitrogens with zero attached hydrogens (tertiary/aromatic N) is 3. The molecule has 0 bridgehead atoms. The van der Waals surface area contributed by atoms with Gasteiger partial charge in [0, 0.05) is 0 Å². The molecule has 0 amide bonds. The zero-order valence-corrected chi connectivity index (χ0v) is 11.2. The Morgan fingerprint density at radius 1 is 1.33 bits per heavy atom. The predicted molar refractivity (Wildman–Crippen MR) is 73.1 cm³/mol. The molecule has 0 aliphatic carbocycles. The molecule has 0 atom stereocenters. The minimum Gasteiger partial charge on any atom is -0.330 e. The molecule has 0 radical (unpaired) electrons. The molecule has 0 saturated heterocycles. The lowest BCUT2D eigenvalue weighted by molar-refractivity contribution is 0.727. The maximum absolute atomic E-state index is 6.19. The number of aryl methyl sites for hydroxylation is 2. The first-order chi connectivity index (χ1) is 8.70. The van der Waals surface area contributed by atoms with E-state index in [1.165, 1.54) is 0 Å². The van der Waals surface area contributed by atoms with Crippen molar-refractivity contribution in [1.82, 2.24) is 15.0 Å². The molecular weight excluding hydrogens is 248 g/mol. The van der Waals surface area contributed by atoms with Gasteiger partial charge in [-0.1, -0.05) is 22.9 Å². The smallest absolute Gasteiger partial charge is 0.0849 e. The van der Waals surface area contributed by atoms with Gasteiger partial charge in [-0.2, -0.15) is 0 Å². The summed E-state index contributed by atoms with van der Waals surface area (Å²) in [6, 6.07) is 5.89. The van der Waals surface area contributed by atoms with Crippen LogP contribution in [0.15, 0.2) is 24.4 Å². The van der Waals surface area contributed by atoms with Crippen LogP contribution in [0, 0.1) is 6.92 Å². The Balaban J connectivity index is 2.13. The maximum atomic E-state index is 6.19. The van der Waals surface area contributed by atoms with E-state index in [2.05, 4.69) is 10.3 Å². The fourth-order valence-electron chi connectivity index (χ4n) is 1.78. The van der Waals surface area contributed by atoms with Crippen molar-refractivity contribution < 1.29 is 0 Å². The summed E-state index contributed by atoms with van der Waals surface area (Å²) in [5.74, 6) is 0. The van der Waals surface area contributed by atoms with Crippen molar-refractivity contribution in [3.05, 3.63) is 40.7 Å². The number of unbranched alkanes of at least 4 members (excludes halogenated alkanes) is 1. The van der Waals surface area contributed by atoms with Gasteiger partial charge in [0.05, 0.1) is 22.6 Å². The van der Waals surface area contributed by atoms with Crippen LogP contribution in [0.25, 0.3) is 5.69 Å². The molecule has 18 heavy (non-hydrogen) atoms.